The number of benzene rings is 1. The van der Waals surface area contributed by atoms with Gasteiger partial charge >= 0.3 is 0 Å². The van der Waals surface area contributed by atoms with Crippen molar-refractivity contribution in [2.75, 3.05) is 6.54 Å². The Hall–Kier alpha value is -0.930. The van der Waals surface area contributed by atoms with Gasteiger partial charge in [0.25, 0.3) is 0 Å². The van der Waals surface area contributed by atoms with E-state index in [1.165, 1.54) is 6.07 Å². The van der Waals surface area contributed by atoms with Gasteiger partial charge in [0.1, 0.15) is 5.82 Å². The molecule has 1 aliphatic rings. The fraction of sp³-hybridized carbons (Fsp3) is 0.625. The zero-order valence-corrected chi connectivity index (χ0v) is 11.8. The van der Waals surface area contributed by atoms with E-state index in [0.29, 0.717) is 18.0 Å². The van der Waals surface area contributed by atoms with Crippen LogP contribution in [0.3, 0.4) is 0 Å². The van der Waals surface area contributed by atoms with E-state index in [0.717, 1.165) is 25.7 Å². The van der Waals surface area contributed by atoms with E-state index >= 15 is 0 Å². The molecule has 106 valence electrons. The second-order valence-electron chi connectivity index (χ2n) is 6.03. The van der Waals surface area contributed by atoms with Crippen molar-refractivity contribution in [1.29, 1.82) is 0 Å². The predicted octanol–water partition coefficient (Wildman–Crippen LogP) is 3.42. The van der Waals surface area contributed by atoms with Crippen molar-refractivity contribution < 1.29 is 9.50 Å². The van der Waals surface area contributed by atoms with Gasteiger partial charge in [-0.15, -0.1) is 0 Å². The van der Waals surface area contributed by atoms with Gasteiger partial charge in [-0.3, -0.25) is 0 Å². The van der Waals surface area contributed by atoms with Crippen molar-refractivity contribution in [2.24, 2.45) is 5.92 Å². The van der Waals surface area contributed by atoms with Crippen LogP contribution in [0.15, 0.2) is 24.3 Å². The SMILES string of the molecule is CC1CCC(O)(CNC(C)c2ccccc2F)CC1. The maximum atomic E-state index is 13.6. The lowest BCUT2D eigenvalue weighted by Gasteiger charge is -2.36. The van der Waals surface area contributed by atoms with Gasteiger partial charge in [-0.1, -0.05) is 25.1 Å². The van der Waals surface area contributed by atoms with Gasteiger partial charge in [0, 0.05) is 18.2 Å². The molecule has 19 heavy (non-hydrogen) atoms. The number of aliphatic hydroxyl groups is 1. The normalized spacial score (nSPS) is 29.2. The fourth-order valence-electron chi connectivity index (χ4n) is 2.76. The number of nitrogens with one attached hydrogen (secondary N) is 1. The monoisotopic (exact) mass is 265 g/mol. The van der Waals surface area contributed by atoms with Gasteiger partial charge in [-0.25, -0.2) is 4.39 Å². The minimum atomic E-state index is -0.619. The summed E-state index contributed by atoms with van der Waals surface area (Å²) in [4.78, 5) is 0. The smallest absolute Gasteiger partial charge is 0.127 e. The zero-order valence-electron chi connectivity index (χ0n) is 11.8. The first-order chi connectivity index (χ1) is 9.00. The molecule has 0 aliphatic heterocycles. The lowest BCUT2D eigenvalue weighted by molar-refractivity contribution is -0.00791. The Labute approximate surface area is 115 Å². The van der Waals surface area contributed by atoms with E-state index in [4.69, 9.17) is 0 Å². The van der Waals surface area contributed by atoms with Crippen LogP contribution in [0.1, 0.15) is 51.1 Å². The van der Waals surface area contributed by atoms with Crippen LogP contribution in [0.4, 0.5) is 4.39 Å². The van der Waals surface area contributed by atoms with E-state index < -0.39 is 5.60 Å². The molecule has 1 atom stereocenters. The van der Waals surface area contributed by atoms with Crippen LogP contribution in [-0.4, -0.2) is 17.3 Å². The van der Waals surface area contributed by atoms with Gasteiger partial charge in [-0.2, -0.15) is 0 Å². The van der Waals surface area contributed by atoms with E-state index in [1.54, 1.807) is 12.1 Å². The predicted molar refractivity (Wildman–Crippen MR) is 75.4 cm³/mol. The zero-order chi connectivity index (χ0) is 13.9. The Morgan fingerprint density at radius 1 is 1.37 bits per heavy atom. The molecule has 0 saturated heterocycles. The molecule has 2 rings (SSSR count). The van der Waals surface area contributed by atoms with Crippen molar-refractivity contribution in [2.45, 2.75) is 51.2 Å². The topological polar surface area (TPSA) is 32.3 Å². The van der Waals surface area contributed by atoms with Crippen LogP contribution in [-0.2, 0) is 0 Å². The molecule has 0 amide bonds. The summed E-state index contributed by atoms with van der Waals surface area (Å²) < 4.78 is 13.6. The highest BCUT2D eigenvalue weighted by molar-refractivity contribution is 5.20. The molecule has 1 aromatic rings. The van der Waals surface area contributed by atoms with Gasteiger partial charge < -0.3 is 10.4 Å². The van der Waals surface area contributed by atoms with E-state index in [1.807, 2.05) is 13.0 Å². The molecule has 1 aromatic carbocycles. The molecular formula is C16H24FNO. The highest BCUT2D eigenvalue weighted by Crippen LogP contribution is 2.31. The molecular weight excluding hydrogens is 241 g/mol. The maximum absolute atomic E-state index is 13.6. The first-order valence-corrected chi connectivity index (χ1v) is 7.20. The quantitative estimate of drug-likeness (QED) is 0.874. The average Bonchev–Trinajstić information content (AvgIpc) is 2.41. The molecule has 1 fully saturated rings. The Balaban J connectivity index is 1.90. The van der Waals surface area contributed by atoms with Crippen LogP contribution in [0, 0.1) is 11.7 Å². The summed E-state index contributed by atoms with van der Waals surface area (Å²) in [6, 6.07) is 6.73. The summed E-state index contributed by atoms with van der Waals surface area (Å²) in [7, 11) is 0. The second-order valence-corrected chi connectivity index (χ2v) is 6.03. The van der Waals surface area contributed by atoms with Crippen molar-refractivity contribution >= 4 is 0 Å². The van der Waals surface area contributed by atoms with Crippen LogP contribution in [0.5, 0.6) is 0 Å². The van der Waals surface area contributed by atoms with E-state index in [-0.39, 0.29) is 11.9 Å². The van der Waals surface area contributed by atoms with Gasteiger partial charge in [0.05, 0.1) is 5.60 Å². The molecule has 2 nitrogen and oxygen atoms in total. The summed E-state index contributed by atoms with van der Waals surface area (Å²) in [6.07, 6.45) is 3.83. The van der Waals surface area contributed by atoms with Crippen LogP contribution >= 0.6 is 0 Å². The van der Waals surface area contributed by atoms with Crippen molar-refractivity contribution in [3.63, 3.8) is 0 Å². The van der Waals surface area contributed by atoms with Crippen LogP contribution in [0.25, 0.3) is 0 Å². The molecule has 1 saturated carbocycles. The number of hydrogen-bond acceptors (Lipinski definition) is 2. The summed E-state index contributed by atoms with van der Waals surface area (Å²) in [5, 5.41) is 13.8. The standard InChI is InChI=1S/C16H24FNO/c1-12-7-9-16(19,10-8-12)11-18-13(2)14-5-3-4-6-15(14)17/h3-6,12-13,18-19H,7-11H2,1-2H3. The molecule has 0 heterocycles. The molecule has 0 radical (unpaired) electrons. The summed E-state index contributed by atoms with van der Waals surface area (Å²) >= 11 is 0. The summed E-state index contributed by atoms with van der Waals surface area (Å²) in [5.41, 5.74) is 0.0433. The second kappa shape index (κ2) is 6.02. The van der Waals surface area contributed by atoms with Gasteiger partial charge in [0.15, 0.2) is 0 Å². The molecule has 0 bridgehead atoms. The molecule has 2 N–H and O–H groups in total. The van der Waals surface area contributed by atoms with Crippen LogP contribution < -0.4 is 5.32 Å². The summed E-state index contributed by atoms with van der Waals surface area (Å²) in [5.74, 6) is 0.524. The lowest BCUT2D eigenvalue weighted by Crippen LogP contribution is -2.44. The number of rotatable bonds is 4. The van der Waals surface area contributed by atoms with Crippen molar-refractivity contribution in [3.8, 4) is 0 Å². The number of hydrogen-bond donors (Lipinski definition) is 2. The van der Waals surface area contributed by atoms with Gasteiger partial charge in [0.2, 0.25) is 0 Å². The Morgan fingerprint density at radius 2 is 2.00 bits per heavy atom. The molecule has 1 aliphatic carbocycles. The lowest BCUT2D eigenvalue weighted by atomic mass is 9.79. The van der Waals surface area contributed by atoms with E-state index in [9.17, 15) is 9.50 Å². The van der Waals surface area contributed by atoms with Crippen molar-refractivity contribution in [1.82, 2.24) is 5.32 Å². The highest BCUT2D eigenvalue weighted by Gasteiger charge is 2.31. The minimum Gasteiger partial charge on any atom is -0.389 e. The van der Waals surface area contributed by atoms with Crippen LogP contribution in [0.2, 0.25) is 0 Å². The number of halogens is 1. The molecule has 3 heteroatoms. The largest absolute Gasteiger partial charge is 0.389 e. The van der Waals surface area contributed by atoms with E-state index in [2.05, 4.69) is 12.2 Å². The maximum Gasteiger partial charge on any atom is 0.127 e. The highest BCUT2D eigenvalue weighted by atomic mass is 19.1. The third-order valence-corrected chi connectivity index (χ3v) is 4.31. The average molecular weight is 265 g/mol. The third kappa shape index (κ3) is 3.77. The Morgan fingerprint density at radius 3 is 2.63 bits per heavy atom. The molecule has 1 unspecified atom stereocenters. The third-order valence-electron chi connectivity index (χ3n) is 4.31. The minimum absolute atomic E-state index is 0.0791. The summed E-state index contributed by atoms with van der Waals surface area (Å²) in [6.45, 7) is 4.71. The van der Waals surface area contributed by atoms with Crippen molar-refractivity contribution in [3.05, 3.63) is 35.6 Å². The Kier molecular flexibility index (Phi) is 4.58. The molecule has 0 aromatic heterocycles. The fourth-order valence-corrected chi connectivity index (χ4v) is 2.76. The van der Waals surface area contributed by atoms with Gasteiger partial charge in [-0.05, 0) is 44.6 Å². The molecule has 0 spiro atoms. The Bertz CT molecular complexity index is 413. The first kappa shape index (κ1) is 14.5. The first-order valence-electron chi connectivity index (χ1n) is 7.20.